The van der Waals surface area contributed by atoms with Crippen LogP contribution >= 0.6 is 22.7 Å². The van der Waals surface area contributed by atoms with Gasteiger partial charge in [0.25, 0.3) is 0 Å². The van der Waals surface area contributed by atoms with E-state index in [4.69, 9.17) is 37.9 Å². The Kier molecular flexibility index (Phi) is 51.6. The molecule has 12 heteroatoms. The van der Waals surface area contributed by atoms with Gasteiger partial charge in [0.15, 0.2) is 0 Å². The average molecular weight is 1780 g/mol. The summed E-state index contributed by atoms with van der Waals surface area (Å²) in [6.07, 6.45) is 34.7. The van der Waals surface area contributed by atoms with Gasteiger partial charge in [0.1, 0.15) is 62.1 Å². The largest absolute Gasteiger partial charge is 0.492 e. The molecule has 0 unspecified atom stereocenters. The van der Waals surface area contributed by atoms with Crippen molar-refractivity contribution in [3.63, 3.8) is 0 Å². The summed E-state index contributed by atoms with van der Waals surface area (Å²) in [5, 5.41) is 0. The molecule has 4 aromatic carbocycles. The zero-order chi connectivity index (χ0) is 91.2. The Balaban J connectivity index is 1.44. The Morgan fingerprint density at radius 2 is 0.365 bits per heavy atom. The minimum absolute atomic E-state index is 0.500. The van der Waals surface area contributed by atoms with E-state index in [9.17, 15) is 0 Å². The molecule has 682 valence electrons. The molecular formula is C114H158O8S2Si2. The summed E-state index contributed by atoms with van der Waals surface area (Å²) >= 11 is 3.14. The van der Waals surface area contributed by atoms with E-state index >= 15 is 0 Å². The molecule has 2 aromatic heterocycles. The number of hydrogen-bond donors (Lipinski definition) is 0. The van der Waals surface area contributed by atoms with Crippen LogP contribution in [0.2, 0.25) is 33.2 Å². The molecule has 0 spiro atoms. The van der Waals surface area contributed by atoms with Gasteiger partial charge in [-0.3, -0.25) is 0 Å². The van der Waals surface area contributed by atoms with E-state index in [2.05, 4.69) is 281 Å². The van der Waals surface area contributed by atoms with E-state index in [1.54, 1.807) is 22.7 Å². The van der Waals surface area contributed by atoms with Crippen molar-refractivity contribution < 1.29 is 37.9 Å². The van der Waals surface area contributed by atoms with Crippen molar-refractivity contribution in [1.29, 1.82) is 0 Å². The van der Waals surface area contributed by atoms with Gasteiger partial charge in [0.2, 0.25) is 0 Å². The predicted molar refractivity (Wildman–Crippen MR) is 545 cm³/mol. The predicted octanol–water partition coefficient (Wildman–Crippen LogP) is 31.6. The topological polar surface area (TPSA) is 73.8 Å². The molecule has 126 heavy (non-hydrogen) atoms. The highest BCUT2D eigenvalue weighted by Crippen LogP contribution is 2.44. The third-order valence-electron chi connectivity index (χ3n) is 23.9. The van der Waals surface area contributed by atoms with Gasteiger partial charge in [0, 0.05) is 48.5 Å². The third-order valence-corrected chi connectivity index (χ3v) is 38.3. The molecule has 0 N–H and O–H groups in total. The van der Waals surface area contributed by atoms with Gasteiger partial charge < -0.3 is 37.9 Å². The summed E-state index contributed by atoms with van der Waals surface area (Å²) in [6, 6.07) is 24.6. The van der Waals surface area contributed by atoms with Gasteiger partial charge in [-0.05, 0) is 133 Å². The van der Waals surface area contributed by atoms with Crippen molar-refractivity contribution in [2.24, 2.45) is 0 Å². The molecule has 0 atom stereocenters. The van der Waals surface area contributed by atoms with Crippen molar-refractivity contribution in [3.8, 4) is 140 Å². The molecular weight excluding hydrogens is 1620 g/mol. The van der Waals surface area contributed by atoms with Crippen LogP contribution in [0.15, 0.2) is 72.8 Å². The fourth-order valence-corrected chi connectivity index (χ4v) is 28.4. The van der Waals surface area contributed by atoms with Crippen molar-refractivity contribution in [2.75, 3.05) is 52.9 Å². The number of thiophene rings is 2. The SMILES string of the molecule is CCCCCCOc1cc(C#Cc2ccc(C#Cc3cc(OCCCCCC)c(C#C[Si](C(C)C)(C(C)C)C(C)C)cc3OCCCCCC)s2)c(OCCCCCC)cc1C#CC#Cc1cc(OCCCCCC)c(C#Cc2ccc(C#Cc3cc(OCCCCCC)c(C#C[Si](C(C)C)(C(C)C)C(C)C)cc3OCCCCCC)s2)cc1OCCCCCC. The zero-order valence-electron chi connectivity index (χ0n) is 81.8. The highest BCUT2D eigenvalue weighted by molar-refractivity contribution is 7.13. The van der Waals surface area contributed by atoms with E-state index < -0.39 is 16.1 Å². The maximum Gasteiger partial charge on any atom is 0.146 e. The van der Waals surface area contributed by atoms with Crippen LogP contribution in [0.1, 0.15) is 408 Å². The number of benzene rings is 4. The zero-order valence-corrected chi connectivity index (χ0v) is 85.4. The van der Waals surface area contributed by atoms with Crippen LogP contribution in [0.3, 0.4) is 0 Å². The van der Waals surface area contributed by atoms with Crippen LogP contribution in [0.25, 0.3) is 0 Å². The first-order valence-electron chi connectivity index (χ1n) is 49.3. The number of rotatable bonds is 54. The summed E-state index contributed by atoms with van der Waals surface area (Å²) < 4.78 is 53.6. The van der Waals surface area contributed by atoms with Crippen LogP contribution in [-0.2, 0) is 0 Å². The van der Waals surface area contributed by atoms with E-state index in [1.165, 1.54) is 38.5 Å². The lowest BCUT2D eigenvalue weighted by atomic mass is 10.1. The van der Waals surface area contributed by atoms with E-state index in [0.29, 0.717) is 120 Å². The van der Waals surface area contributed by atoms with Gasteiger partial charge >= 0.3 is 0 Å². The molecule has 0 aliphatic heterocycles. The second kappa shape index (κ2) is 61.2. The normalized spacial score (nSPS) is 11.1. The van der Waals surface area contributed by atoms with Gasteiger partial charge in [-0.15, -0.1) is 33.8 Å². The molecule has 0 aliphatic carbocycles. The van der Waals surface area contributed by atoms with E-state index in [0.717, 1.165) is 243 Å². The molecule has 8 nitrogen and oxygen atoms in total. The molecule has 6 rings (SSSR count). The minimum atomic E-state index is -2.06. The second-order valence-corrected chi connectivity index (χ2v) is 49.1. The fourth-order valence-electron chi connectivity index (χ4n) is 16.5. The lowest BCUT2D eigenvalue weighted by molar-refractivity contribution is 0.295. The Morgan fingerprint density at radius 3 is 0.524 bits per heavy atom. The van der Waals surface area contributed by atoms with Crippen molar-refractivity contribution in [3.05, 3.63) is 137 Å². The molecule has 0 bridgehead atoms. The van der Waals surface area contributed by atoms with Crippen molar-refractivity contribution in [2.45, 2.75) is 377 Å². The number of ether oxygens (including phenoxy) is 8. The Hall–Kier alpha value is -8.41. The minimum Gasteiger partial charge on any atom is -0.492 e. The van der Waals surface area contributed by atoms with Crippen LogP contribution < -0.4 is 37.9 Å². The van der Waals surface area contributed by atoms with Gasteiger partial charge in [-0.25, -0.2) is 0 Å². The number of hydrogen-bond acceptors (Lipinski definition) is 10. The molecule has 0 saturated carbocycles. The van der Waals surface area contributed by atoms with Crippen LogP contribution in [0, 0.1) is 94.0 Å². The quantitative estimate of drug-likeness (QED) is 0.0212. The highest BCUT2D eigenvalue weighted by Gasteiger charge is 2.43. The van der Waals surface area contributed by atoms with Gasteiger partial charge in [-0.1, -0.05) is 352 Å². The Labute approximate surface area is 778 Å². The average Bonchev–Trinajstić information content (AvgIpc) is 1.10. The van der Waals surface area contributed by atoms with E-state index in [1.807, 2.05) is 24.3 Å². The third kappa shape index (κ3) is 36.3. The van der Waals surface area contributed by atoms with Gasteiger partial charge in [0.05, 0.1) is 117 Å². The smallest absolute Gasteiger partial charge is 0.146 e. The van der Waals surface area contributed by atoms with E-state index in [-0.39, 0.29) is 0 Å². The summed E-state index contributed by atoms with van der Waals surface area (Å²) in [7, 11) is -4.12. The molecule has 2 heterocycles. The molecule has 0 aliphatic rings. The maximum absolute atomic E-state index is 6.72. The first kappa shape index (κ1) is 106. The monoisotopic (exact) mass is 1780 g/mol. The molecule has 0 amide bonds. The summed E-state index contributed by atoms with van der Waals surface area (Å²) in [5.41, 5.74) is 17.1. The highest BCUT2D eigenvalue weighted by atomic mass is 32.1. The molecule has 0 saturated heterocycles. The van der Waals surface area contributed by atoms with Crippen LogP contribution in [0.5, 0.6) is 46.0 Å². The standard InChI is InChI=1S/C114H158O8S2Si2/c1-21-29-37-47-71-115-107-83-97(57-61-103-65-67-105(123-103)63-59-99-85-113(121-77-53-43-35-27-7)101(87-111(99)119-75-51-41-33-25-5)69-79-125(89(9)10,90(11)12)91(13)14)109(117-73-49-39-31-23-3)81-95(107)55-45-46-56-96-82-110(118-74-50-40-32-24-4)98(84-108(96)116-72-48-38-30-22-2)58-62-104-66-68-106(124-104)64-60-100-86-114(122-78-54-44-36-28-8)102(88-112(100)120-76-52-42-34-26-6)70-80-126(92(15)16,93(17)18)94(19)20/h65-68,81-94H,21-44,47-54,71-78H2,1-20H3. The van der Waals surface area contributed by atoms with Gasteiger partial charge in [-0.2, -0.15) is 0 Å². The summed E-state index contributed by atoms with van der Waals surface area (Å²) in [4.78, 5) is 3.55. The maximum atomic E-state index is 6.72. The summed E-state index contributed by atoms with van der Waals surface area (Å²) in [5.74, 6) is 54.8. The van der Waals surface area contributed by atoms with Crippen molar-refractivity contribution in [1.82, 2.24) is 0 Å². The lowest BCUT2D eigenvalue weighted by Crippen LogP contribution is -2.43. The first-order valence-corrected chi connectivity index (χ1v) is 55.4. The summed E-state index contributed by atoms with van der Waals surface area (Å²) in [6.45, 7) is 50.9. The first-order chi connectivity index (χ1) is 61.2. The molecule has 0 radical (unpaired) electrons. The second-order valence-electron chi connectivity index (χ2n) is 35.8. The fraction of sp³-hybridized carbons (Fsp3) is 0.579. The van der Waals surface area contributed by atoms with Crippen LogP contribution in [0.4, 0.5) is 0 Å². The Morgan fingerprint density at radius 1 is 0.206 bits per heavy atom. The number of unbranched alkanes of at least 4 members (excludes halogenated alkanes) is 24. The Bertz CT molecular complexity index is 4420. The molecule has 0 fully saturated rings. The molecule has 6 aromatic rings. The van der Waals surface area contributed by atoms with Crippen LogP contribution in [-0.4, -0.2) is 69.0 Å². The lowest BCUT2D eigenvalue weighted by Gasteiger charge is -2.38. The van der Waals surface area contributed by atoms with Crippen molar-refractivity contribution >= 4 is 38.8 Å².